The number of amidine groups is 1. The topological polar surface area (TPSA) is 68.9 Å². The van der Waals surface area contributed by atoms with Crippen LogP contribution in [0.15, 0.2) is 65.7 Å². The zero-order chi connectivity index (χ0) is 23.9. The molecule has 1 saturated heterocycles. The van der Waals surface area contributed by atoms with E-state index in [9.17, 15) is 4.79 Å². The lowest BCUT2D eigenvalue weighted by atomic mass is 9.86. The molecule has 2 aliphatic heterocycles. The van der Waals surface area contributed by atoms with E-state index in [-0.39, 0.29) is 5.91 Å². The molecule has 3 heterocycles. The lowest BCUT2D eigenvalue weighted by Gasteiger charge is -2.46. The number of amides is 1. The number of nitrogens with zero attached hydrogens (tertiary/aromatic N) is 4. The van der Waals surface area contributed by atoms with Crippen LogP contribution in [0.3, 0.4) is 0 Å². The first kappa shape index (κ1) is 21.9. The van der Waals surface area contributed by atoms with Crippen molar-refractivity contribution in [3.63, 3.8) is 0 Å². The third-order valence-electron chi connectivity index (χ3n) is 6.55. The van der Waals surface area contributed by atoms with E-state index in [4.69, 9.17) is 9.57 Å². The van der Waals surface area contributed by atoms with Crippen molar-refractivity contribution < 1.29 is 14.4 Å². The summed E-state index contributed by atoms with van der Waals surface area (Å²) in [6.45, 7) is 6.36. The van der Waals surface area contributed by atoms with Gasteiger partial charge in [0.2, 0.25) is 5.91 Å². The van der Waals surface area contributed by atoms with E-state index in [0.29, 0.717) is 25.3 Å². The van der Waals surface area contributed by atoms with Gasteiger partial charge in [0.1, 0.15) is 17.9 Å². The van der Waals surface area contributed by atoms with Crippen molar-refractivity contribution >= 4 is 17.8 Å². The molecule has 1 aromatic heterocycles. The molecule has 0 unspecified atom stereocenters. The van der Waals surface area contributed by atoms with E-state index in [1.165, 1.54) is 5.56 Å². The van der Waals surface area contributed by atoms with Crippen LogP contribution in [0.4, 0.5) is 0 Å². The molecule has 34 heavy (non-hydrogen) atoms. The Morgan fingerprint density at radius 3 is 2.62 bits per heavy atom. The van der Waals surface area contributed by atoms with Crippen molar-refractivity contribution in [2.75, 3.05) is 13.7 Å². The molecule has 0 aliphatic carbocycles. The predicted octanol–water partition coefficient (Wildman–Crippen LogP) is 4.76. The monoisotopic (exact) mass is 456 g/mol. The van der Waals surface area contributed by atoms with Crippen LogP contribution < -0.4 is 4.74 Å². The van der Waals surface area contributed by atoms with Gasteiger partial charge in [-0.1, -0.05) is 41.1 Å². The van der Waals surface area contributed by atoms with Crippen LogP contribution in [0.2, 0.25) is 0 Å². The highest BCUT2D eigenvalue weighted by molar-refractivity contribution is 6.13. The van der Waals surface area contributed by atoms with Crippen LogP contribution in [0.1, 0.15) is 42.1 Å². The number of benzene rings is 2. The van der Waals surface area contributed by atoms with E-state index < -0.39 is 5.54 Å². The molecule has 1 fully saturated rings. The van der Waals surface area contributed by atoms with Crippen LogP contribution >= 0.6 is 0 Å². The zero-order valence-corrected chi connectivity index (χ0v) is 19.9. The predicted molar refractivity (Wildman–Crippen MR) is 131 cm³/mol. The summed E-state index contributed by atoms with van der Waals surface area (Å²) in [6.07, 6.45) is 6.83. The molecule has 0 bridgehead atoms. The van der Waals surface area contributed by atoms with Gasteiger partial charge in [-0.25, -0.2) is 4.98 Å². The first-order valence-corrected chi connectivity index (χ1v) is 11.4. The molecule has 174 valence electrons. The molecule has 0 N–H and O–H groups in total. The van der Waals surface area contributed by atoms with Crippen LogP contribution in [0, 0.1) is 13.8 Å². The summed E-state index contributed by atoms with van der Waals surface area (Å²) in [4.78, 5) is 24.9. The molecule has 7 heteroatoms. The Balaban J connectivity index is 1.51. The number of aromatic nitrogens is 2. The number of rotatable bonds is 4. The van der Waals surface area contributed by atoms with Gasteiger partial charge in [-0.05, 0) is 62.1 Å². The Kier molecular flexibility index (Phi) is 5.48. The van der Waals surface area contributed by atoms with E-state index >= 15 is 0 Å². The molecular formula is C27H28N4O3. The summed E-state index contributed by atoms with van der Waals surface area (Å²) in [5, 5.41) is 4.34. The highest BCUT2D eigenvalue weighted by atomic mass is 16.6. The van der Waals surface area contributed by atoms with Gasteiger partial charge in [-0.2, -0.15) is 0 Å². The van der Waals surface area contributed by atoms with Crippen molar-refractivity contribution in [2.45, 2.75) is 39.2 Å². The number of piperidine rings is 1. The van der Waals surface area contributed by atoms with E-state index in [2.05, 4.69) is 47.4 Å². The van der Waals surface area contributed by atoms with Crippen molar-refractivity contribution in [3.05, 3.63) is 82.9 Å². The third kappa shape index (κ3) is 3.77. The largest absolute Gasteiger partial charge is 0.495 e. The van der Waals surface area contributed by atoms with Gasteiger partial charge in [0.05, 0.1) is 24.8 Å². The number of imidazole rings is 1. The molecule has 0 radical (unpaired) electrons. The second-order valence-corrected chi connectivity index (χ2v) is 9.08. The fraction of sp³-hybridized carbons (Fsp3) is 0.296. The summed E-state index contributed by atoms with van der Waals surface area (Å²) >= 11 is 0. The Hall–Kier alpha value is -3.87. The number of methoxy groups -OCH3 is 1. The first-order chi connectivity index (χ1) is 16.4. The molecule has 3 aromatic rings. The normalized spacial score (nSPS) is 21.2. The number of fused-ring (bicyclic) bond motifs is 1. The fourth-order valence-corrected chi connectivity index (χ4v) is 4.63. The maximum Gasteiger partial charge on any atom is 0.229 e. The highest BCUT2D eigenvalue weighted by Crippen LogP contribution is 2.38. The molecule has 5 rings (SSSR count). The summed E-state index contributed by atoms with van der Waals surface area (Å²) in [5.74, 6) is 1.38. The van der Waals surface area contributed by atoms with Crippen LogP contribution in [0.25, 0.3) is 11.8 Å². The lowest BCUT2D eigenvalue weighted by molar-refractivity contribution is -0.137. The standard InChI is InChI=1S/C27H28N4O3/c1-18-5-9-22(10-6-18)27(3)16-34-29-26-21(8-12-25(32)31(26)27)13-20-7-11-23(24(14-20)33-4)30-15-19(2)28-17-30/h5-7,9-11,13-15,17H,8,12,16H2,1-4H3/t27-/m1/s1. The SMILES string of the molecule is COc1cc(C=C2CCC(=O)N3C2=NOC[C@]3(C)c2ccc(C)cc2)ccc1-n1cnc(C)c1. The van der Waals surface area contributed by atoms with Crippen molar-refractivity contribution in [1.82, 2.24) is 14.5 Å². The first-order valence-electron chi connectivity index (χ1n) is 11.4. The van der Waals surface area contributed by atoms with Crippen molar-refractivity contribution in [3.8, 4) is 11.4 Å². The molecule has 0 saturated carbocycles. The van der Waals surface area contributed by atoms with Crippen molar-refractivity contribution in [2.24, 2.45) is 5.16 Å². The Labute approximate surface area is 199 Å². The van der Waals surface area contributed by atoms with Gasteiger partial charge in [0.15, 0.2) is 5.84 Å². The summed E-state index contributed by atoms with van der Waals surface area (Å²) in [5.41, 5.74) is 5.36. The van der Waals surface area contributed by atoms with Gasteiger partial charge in [-0.15, -0.1) is 0 Å². The number of hydrogen-bond acceptors (Lipinski definition) is 5. The summed E-state index contributed by atoms with van der Waals surface area (Å²) in [7, 11) is 1.66. The smallest absolute Gasteiger partial charge is 0.229 e. The molecule has 0 spiro atoms. The minimum atomic E-state index is -0.623. The van der Waals surface area contributed by atoms with E-state index in [1.807, 2.05) is 47.7 Å². The van der Waals surface area contributed by atoms with Gasteiger partial charge < -0.3 is 14.1 Å². The maximum atomic E-state index is 13.1. The molecule has 2 aromatic carbocycles. The van der Waals surface area contributed by atoms with E-state index in [1.54, 1.807) is 13.4 Å². The van der Waals surface area contributed by atoms with Gasteiger partial charge in [0.25, 0.3) is 0 Å². The zero-order valence-electron chi connectivity index (χ0n) is 19.9. The lowest BCUT2D eigenvalue weighted by Crippen LogP contribution is -2.57. The number of aryl methyl sites for hydroxylation is 2. The van der Waals surface area contributed by atoms with Crippen molar-refractivity contribution in [1.29, 1.82) is 0 Å². The number of oxime groups is 1. The summed E-state index contributed by atoms with van der Waals surface area (Å²) < 4.78 is 7.61. The number of ether oxygens (including phenoxy) is 1. The number of carbonyl (C=O) groups excluding carboxylic acids is 1. The Bertz CT molecular complexity index is 1310. The van der Waals surface area contributed by atoms with Gasteiger partial charge in [0, 0.05) is 12.6 Å². The van der Waals surface area contributed by atoms with Crippen LogP contribution in [-0.2, 0) is 15.2 Å². The van der Waals surface area contributed by atoms with E-state index in [0.717, 1.165) is 33.8 Å². The van der Waals surface area contributed by atoms with Gasteiger partial charge >= 0.3 is 0 Å². The van der Waals surface area contributed by atoms with Crippen LogP contribution in [-0.4, -0.2) is 39.9 Å². The second-order valence-electron chi connectivity index (χ2n) is 9.08. The number of hydrogen-bond donors (Lipinski definition) is 0. The average Bonchev–Trinajstić information content (AvgIpc) is 3.27. The third-order valence-corrected chi connectivity index (χ3v) is 6.55. The molecular weight excluding hydrogens is 428 g/mol. The minimum Gasteiger partial charge on any atom is -0.495 e. The quantitative estimate of drug-likeness (QED) is 0.568. The molecule has 1 atom stereocenters. The number of carbonyl (C=O) groups is 1. The Morgan fingerprint density at radius 2 is 1.91 bits per heavy atom. The van der Waals surface area contributed by atoms with Crippen LogP contribution in [0.5, 0.6) is 5.75 Å². The Morgan fingerprint density at radius 1 is 1.12 bits per heavy atom. The summed E-state index contributed by atoms with van der Waals surface area (Å²) in [6, 6.07) is 14.3. The maximum absolute atomic E-state index is 13.1. The minimum absolute atomic E-state index is 0.0608. The molecule has 7 nitrogen and oxygen atoms in total. The van der Waals surface area contributed by atoms with Gasteiger partial charge in [-0.3, -0.25) is 9.69 Å². The average molecular weight is 457 g/mol. The fourth-order valence-electron chi connectivity index (χ4n) is 4.63. The second kappa shape index (κ2) is 8.48. The molecule has 2 aliphatic rings. The highest BCUT2D eigenvalue weighted by Gasteiger charge is 2.46. The molecule has 1 amide bonds.